The maximum atomic E-state index is 13.5. The second-order valence-corrected chi connectivity index (χ2v) is 8.86. The first-order valence-electron chi connectivity index (χ1n) is 10.6. The molecule has 0 saturated carbocycles. The largest absolute Gasteiger partial charge is 0.367 e. The summed E-state index contributed by atoms with van der Waals surface area (Å²) in [6.07, 6.45) is 0.906. The number of carbonyl (C=O) groups is 3. The normalized spacial score (nSPS) is 17.2. The van der Waals surface area contributed by atoms with Crippen molar-refractivity contribution < 1.29 is 18.8 Å². The van der Waals surface area contributed by atoms with Crippen molar-refractivity contribution in [1.82, 2.24) is 15.1 Å². The van der Waals surface area contributed by atoms with Gasteiger partial charge in [0, 0.05) is 67.0 Å². The summed E-state index contributed by atoms with van der Waals surface area (Å²) in [4.78, 5) is 42.5. The Bertz CT molecular complexity index is 1080. The van der Waals surface area contributed by atoms with Crippen molar-refractivity contribution >= 4 is 47.1 Å². The molecule has 33 heavy (non-hydrogen) atoms. The van der Waals surface area contributed by atoms with Gasteiger partial charge in [0.15, 0.2) is 6.29 Å². The fraction of sp³-hybridized carbons (Fsp3) is 0.348. The molecule has 7 nitrogen and oxygen atoms in total. The van der Waals surface area contributed by atoms with Gasteiger partial charge in [-0.15, -0.1) is 0 Å². The molecule has 2 fully saturated rings. The molecule has 10 heteroatoms. The Kier molecular flexibility index (Phi) is 7.05. The van der Waals surface area contributed by atoms with E-state index in [0.717, 1.165) is 5.56 Å². The highest BCUT2D eigenvalue weighted by Gasteiger charge is 2.37. The number of nitrogens with one attached hydrogen (secondary N) is 1. The molecule has 2 aliphatic heterocycles. The molecule has 2 saturated heterocycles. The highest BCUT2D eigenvalue weighted by atomic mass is 35.5. The number of piperazine rings is 1. The maximum absolute atomic E-state index is 13.5. The third-order valence-corrected chi connectivity index (χ3v) is 6.61. The third-order valence-electron chi connectivity index (χ3n) is 6.03. The molecule has 2 aliphatic rings. The summed E-state index contributed by atoms with van der Waals surface area (Å²) in [5.41, 5.74) is 1.65. The number of amides is 3. The van der Waals surface area contributed by atoms with Gasteiger partial charge in [-0.2, -0.15) is 0 Å². The summed E-state index contributed by atoms with van der Waals surface area (Å²) in [5, 5.41) is 3.70. The molecule has 0 spiro atoms. The lowest BCUT2D eigenvalue weighted by atomic mass is 10.0. The van der Waals surface area contributed by atoms with Crippen molar-refractivity contribution in [2.75, 3.05) is 44.2 Å². The molecular weight excluding hydrogens is 470 g/mol. The number of carbonyl (C=O) groups excluding carboxylic acids is 3. The van der Waals surface area contributed by atoms with Crippen LogP contribution in [0.25, 0.3) is 0 Å². The molecule has 2 aromatic carbocycles. The zero-order chi connectivity index (χ0) is 23.5. The van der Waals surface area contributed by atoms with E-state index in [-0.39, 0.29) is 23.9 Å². The smallest absolute Gasteiger partial charge is 0.318 e. The van der Waals surface area contributed by atoms with Crippen molar-refractivity contribution in [3.63, 3.8) is 0 Å². The van der Waals surface area contributed by atoms with Crippen LogP contribution in [0, 0.1) is 5.82 Å². The highest BCUT2D eigenvalue weighted by Crippen LogP contribution is 2.26. The van der Waals surface area contributed by atoms with Gasteiger partial charge in [0.05, 0.1) is 0 Å². The lowest BCUT2D eigenvalue weighted by Gasteiger charge is -2.39. The van der Waals surface area contributed by atoms with Crippen LogP contribution in [0.4, 0.5) is 14.9 Å². The second-order valence-electron chi connectivity index (χ2n) is 8.01. The van der Waals surface area contributed by atoms with Gasteiger partial charge in [0.25, 0.3) is 0 Å². The molecule has 4 rings (SSSR count). The average molecular weight is 493 g/mol. The van der Waals surface area contributed by atoms with Crippen LogP contribution < -0.4 is 10.2 Å². The van der Waals surface area contributed by atoms with E-state index in [9.17, 15) is 18.8 Å². The minimum absolute atomic E-state index is 0.160. The van der Waals surface area contributed by atoms with Crippen molar-refractivity contribution in [3.05, 3.63) is 63.4 Å². The van der Waals surface area contributed by atoms with E-state index in [1.165, 1.54) is 12.1 Å². The summed E-state index contributed by atoms with van der Waals surface area (Å²) < 4.78 is 13.5. The number of nitrogens with zero attached hydrogens (tertiary/aromatic N) is 3. The Morgan fingerprint density at radius 3 is 2.48 bits per heavy atom. The number of rotatable bonds is 6. The standard InChI is InChI=1S/C23H23Cl2FN4O3/c24-17-2-1-15(19(25)13-17)12-21(30-6-5-27-23(30)33)22(32)29-9-7-28(8-10-29)20-4-3-18(26)11-16(20)14-31/h1-4,11,13-14,21H,5-10,12H2,(H,27,33)/t21-/m1/s1. The average Bonchev–Trinajstić information content (AvgIpc) is 3.23. The SMILES string of the molecule is O=Cc1cc(F)ccc1N1CCN(C(=O)[C@@H](Cc2ccc(Cl)cc2Cl)N2CCNC2=O)CC1. The predicted molar refractivity (Wildman–Crippen MR) is 125 cm³/mol. The number of aldehydes is 1. The number of anilines is 1. The van der Waals surface area contributed by atoms with Crippen LogP contribution in [0.2, 0.25) is 10.0 Å². The molecule has 174 valence electrons. The molecule has 2 aromatic rings. The van der Waals surface area contributed by atoms with Gasteiger partial charge >= 0.3 is 6.03 Å². The monoisotopic (exact) mass is 492 g/mol. The molecule has 0 bridgehead atoms. The molecule has 0 aliphatic carbocycles. The van der Waals surface area contributed by atoms with E-state index in [1.807, 2.05) is 4.90 Å². The van der Waals surface area contributed by atoms with Crippen molar-refractivity contribution in [3.8, 4) is 0 Å². The van der Waals surface area contributed by atoms with Gasteiger partial charge in [-0.3, -0.25) is 9.59 Å². The second kappa shape index (κ2) is 9.97. The lowest BCUT2D eigenvalue weighted by molar-refractivity contribution is -0.136. The van der Waals surface area contributed by atoms with Gasteiger partial charge < -0.3 is 20.0 Å². The summed E-state index contributed by atoms with van der Waals surface area (Å²) in [6, 6.07) is 8.22. The first kappa shape index (κ1) is 23.3. The minimum Gasteiger partial charge on any atom is -0.367 e. The first-order chi connectivity index (χ1) is 15.9. The van der Waals surface area contributed by atoms with E-state index >= 15 is 0 Å². The fourth-order valence-electron chi connectivity index (χ4n) is 4.30. The van der Waals surface area contributed by atoms with E-state index in [0.29, 0.717) is 61.3 Å². The van der Waals surface area contributed by atoms with Crippen LogP contribution in [0.15, 0.2) is 36.4 Å². The molecule has 1 atom stereocenters. The molecule has 0 radical (unpaired) electrons. The quantitative estimate of drug-likeness (QED) is 0.628. The molecule has 0 unspecified atom stereocenters. The number of urea groups is 1. The van der Waals surface area contributed by atoms with Crippen molar-refractivity contribution in [2.45, 2.75) is 12.5 Å². The van der Waals surface area contributed by atoms with E-state index in [1.54, 1.807) is 34.1 Å². The number of hydrogen-bond acceptors (Lipinski definition) is 4. The maximum Gasteiger partial charge on any atom is 0.318 e. The van der Waals surface area contributed by atoms with Gasteiger partial charge in [-0.25, -0.2) is 9.18 Å². The van der Waals surface area contributed by atoms with E-state index in [4.69, 9.17) is 23.2 Å². The van der Waals surface area contributed by atoms with E-state index < -0.39 is 11.9 Å². The van der Waals surface area contributed by atoms with Crippen LogP contribution in [0.1, 0.15) is 15.9 Å². The molecule has 2 heterocycles. The Hall–Kier alpha value is -2.84. The van der Waals surface area contributed by atoms with Gasteiger partial charge in [-0.1, -0.05) is 29.3 Å². The molecular formula is C23H23Cl2FN4O3. The number of benzene rings is 2. The van der Waals surface area contributed by atoms with Crippen LogP contribution >= 0.6 is 23.2 Å². The zero-order valence-electron chi connectivity index (χ0n) is 17.8. The number of halogens is 3. The van der Waals surface area contributed by atoms with Crippen LogP contribution in [-0.4, -0.2) is 73.3 Å². The molecule has 0 aromatic heterocycles. The first-order valence-corrected chi connectivity index (χ1v) is 11.4. The Labute approximate surface area is 201 Å². The third kappa shape index (κ3) is 5.07. The van der Waals surface area contributed by atoms with Crippen molar-refractivity contribution in [1.29, 1.82) is 0 Å². The topological polar surface area (TPSA) is 73.0 Å². The van der Waals surface area contributed by atoms with Crippen molar-refractivity contribution in [2.24, 2.45) is 0 Å². The minimum atomic E-state index is -0.700. The highest BCUT2D eigenvalue weighted by molar-refractivity contribution is 6.35. The summed E-state index contributed by atoms with van der Waals surface area (Å²) >= 11 is 12.3. The van der Waals surface area contributed by atoms with Gasteiger partial charge in [-0.05, 0) is 35.9 Å². The Balaban J connectivity index is 1.50. The predicted octanol–water partition coefficient (Wildman–Crippen LogP) is 3.23. The Morgan fingerprint density at radius 1 is 1.09 bits per heavy atom. The number of hydrogen-bond donors (Lipinski definition) is 1. The summed E-state index contributed by atoms with van der Waals surface area (Å²) in [5.74, 6) is -0.630. The van der Waals surface area contributed by atoms with E-state index in [2.05, 4.69) is 5.32 Å². The fourth-order valence-corrected chi connectivity index (χ4v) is 4.78. The summed E-state index contributed by atoms with van der Waals surface area (Å²) in [7, 11) is 0. The van der Waals surface area contributed by atoms with Crippen LogP contribution in [0.3, 0.4) is 0 Å². The van der Waals surface area contributed by atoms with Gasteiger partial charge in [0.2, 0.25) is 5.91 Å². The Morgan fingerprint density at radius 2 is 1.85 bits per heavy atom. The van der Waals surface area contributed by atoms with Crippen LogP contribution in [-0.2, 0) is 11.2 Å². The lowest BCUT2D eigenvalue weighted by Crippen LogP contribution is -2.56. The van der Waals surface area contributed by atoms with Crippen LogP contribution in [0.5, 0.6) is 0 Å². The molecule has 3 amide bonds. The molecule has 1 N–H and O–H groups in total. The zero-order valence-corrected chi connectivity index (χ0v) is 19.3. The summed E-state index contributed by atoms with van der Waals surface area (Å²) in [6.45, 7) is 2.70. The van der Waals surface area contributed by atoms with Gasteiger partial charge in [0.1, 0.15) is 11.9 Å².